The van der Waals surface area contributed by atoms with Crippen LogP contribution in [0.1, 0.15) is 26.3 Å². The van der Waals surface area contributed by atoms with Crippen molar-refractivity contribution in [1.82, 2.24) is 0 Å². The second-order valence-electron chi connectivity index (χ2n) is 3.86. The molecule has 0 amide bonds. The van der Waals surface area contributed by atoms with Gasteiger partial charge in [-0.2, -0.15) is 5.26 Å². The molecule has 0 unspecified atom stereocenters. The van der Waals surface area contributed by atoms with E-state index in [-0.39, 0.29) is 68.3 Å². The second kappa shape index (κ2) is 8.07. The molecule has 0 radical (unpaired) electrons. The van der Waals surface area contributed by atoms with Gasteiger partial charge in [0.2, 0.25) is 0 Å². The van der Waals surface area contributed by atoms with Gasteiger partial charge < -0.3 is 14.6 Å². The summed E-state index contributed by atoms with van der Waals surface area (Å²) in [5.74, 6) is -2.21. The van der Waals surface area contributed by atoms with E-state index in [1.807, 2.05) is 6.07 Å². The van der Waals surface area contributed by atoms with Gasteiger partial charge in [-0.1, -0.05) is 12.1 Å². The molecule has 0 aromatic heterocycles. The van der Waals surface area contributed by atoms with Crippen LogP contribution < -0.4 is 61.2 Å². The number of rotatable bonds is 3. The Bertz CT molecular complexity index is 704. The molecule has 0 fully saturated rings. The Labute approximate surface area is 163 Å². The molecule has 0 bridgehead atoms. The number of nitriles is 1. The van der Waals surface area contributed by atoms with Gasteiger partial charge >= 0.3 is 57.4 Å². The molecule has 0 N–H and O–H groups in total. The Morgan fingerprint density at radius 1 is 1.05 bits per heavy atom. The van der Waals surface area contributed by atoms with Gasteiger partial charge in [0.25, 0.3) is 0 Å². The Kier molecular flexibility index (Phi) is 6.75. The summed E-state index contributed by atoms with van der Waals surface area (Å²) in [4.78, 5) is 22.8. The van der Waals surface area contributed by atoms with Crippen LogP contribution in [0.15, 0.2) is 48.5 Å². The summed E-state index contributed by atoms with van der Waals surface area (Å²) < 4.78 is 5.02. The van der Waals surface area contributed by atoms with Gasteiger partial charge in [0.15, 0.2) is 0 Å². The van der Waals surface area contributed by atoms with E-state index in [1.54, 1.807) is 6.07 Å². The van der Waals surface area contributed by atoms with Crippen LogP contribution in [-0.4, -0.2) is 11.9 Å². The molecule has 0 aliphatic heterocycles. The van der Waals surface area contributed by atoms with E-state index in [0.717, 1.165) is 0 Å². The topological polar surface area (TPSA) is 90.2 Å². The summed E-state index contributed by atoms with van der Waals surface area (Å²) >= 11 is 0. The number of aromatic carboxylic acids is 1. The van der Waals surface area contributed by atoms with Gasteiger partial charge in [-0.15, -0.1) is 0 Å². The number of hydrogen-bond donors (Lipinski definition) is 0. The van der Waals surface area contributed by atoms with Gasteiger partial charge in [-0.3, -0.25) is 0 Å². The third kappa shape index (κ3) is 4.49. The van der Waals surface area contributed by atoms with Gasteiger partial charge in [-0.05, 0) is 36.4 Å². The van der Waals surface area contributed by atoms with Crippen molar-refractivity contribution in [3.63, 3.8) is 0 Å². The predicted molar refractivity (Wildman–Crippen MR) is 66.9 cm³/mol. The van der Waals surface area contributed by atoms with Crippen LogP contribution in [0, 0.1) is 11.3 Å². The molecule has 21 heavy (non-hydrogen) atoms. The van der Waals surface area contributed by atoms with Crippen LogP contribution in [-0.2, 0) is 0 Å². The van der Waals surface area contributed by atoms with E-state index in [4.69, 9.17) is 10.00 Å². The smallest absolute Gasteiger partial charge is 0.545 e. The first kappa shape index (κ1) is 17.6. The summed E-state index contributed by atoms with van der Waals surface area (Å²) in [6.45, 7) is 0. The summed E-state index contributed by atoms with van der Waals surface area (Å²) in [5, 5.41) is 19.5. The fraction of sp³-hybridized carbons (Fsp3) is 0. The van der Waals surface area contributed by atoms with E-state index in [2.05, 4.69) is 0 Å². The quantitative estimate of drug-likeness (QED) is 0.377. The third-order valence-electron chi connectivity index (χ3n) is 2.56. The van der Waals surface area contributed by atoms with Crippen molar-refractivity contribution in [2.24, 2.45) is 0 Å². The number of benzene rings is 2. The van der Waals surface area contributed by atoms with Crippen molar-refractivity contribution < 1.29 is 70.8 Å². The number of esters is 1. The monoisotopic (exact) mass is 305 g/mol. The van der Waals surface area contributed by atoms with Gasteiger partial charge in [0, 0.05) is 5.56 Å². The number of carboxylic acids is 1. The maximum absolute atomic E-state index is 11.9. The molecule has 0 saturated carbocycles. The maximum Gasteiger partial charge on any atom is 1.00 e. The van der Waals surface area contributed by atoms with Crippen molar-refractivity contribution in [3.8, 4) is 11.8 Å². The minimum Gasteiger partial charge on any atom is -0.545 e. The normalized spacial score (nSPS) is 9.10. The molecule has 2 aromatic rings. The molecule has 6 heteroatoms. The van der Waals surface area contributed by atoms with E-state index in [1.165, 1.54) is 42.5 Å². The summed E-state index contributed by atoms with van der Waals surface area (Å²) in [5.41, 5.74) is 0.434. The van der Waals surface area contributed by atoms with Crippen molar-refractivity contribution in [2.45, 2.75) is 0 Å². The fourth-order valence-electron chi connectivity index (χ4n) is 1.56. The summed E-state index contributed by atoms with van der Waals surface area (Å²) in [6.07, 6.45) is 0. The standard InChI is InChI=1S/C15H9NO4.K/c16-9-10-5-7-11(8-6-10)15(19)20-13-4-2-1-3-12(13)14(17)18;/h1-8H,(H,17,18);/q;+1/p-1. The van der Waals surface area contributed by atoms with Gasteiger partial charge in [-0.25, -0.2) is 4.79 Å². The number of hydrogen-bond acceptors (Lipinski definition) is 5. The average molecular weight is 305 g/mol. The van der Waals surface area contributed by atoms with Crippen molar-refractivity contribution in [3.05, 3.63) is 65.2 Å². The van der Waals surface area contributed by atoms with Crippen molar-refractivity contribution in [2.75, 3.05) is 0 Å². The predicted octanol–water partition coefficient (Wildman–Crippen LogP) is -1.86. The van der Waals surface area contributed by atoms with Crippen LogP contribution in [0.2, 0.25) is 0 Å². The van der Waals surface area contributed by atoms with Crippen LogP contribution >= 0.6 is 0 Å². The number of carboxylic acid groups (broad SMARTS) is 1. The van der Waals surface area contributed by atoms with Crippen LogP contribution in [0.5, 0.6) is 5.75 Å². The SMILES string of the molecule is N#Cc1ccc(C(=O)Oc2ccccc2C(=O)[O-])cc1.[K+]. The van der Waals surface area contributed by atoms with Crippen LogP contribution in [0.4, 0.5) is 0 Å². The number of ether oxygens (including phenoxy) is 1. The van der Waals surface area contributed by atoms with E-state index in [0.29, 0.717) is 5.56 Å². The Morgan fingerprint density at radius 3 is 2.24 bits per heavy atom. The molecule has 0 spiro atoms. The first-order valence-corrected chi connectivity index (χ1v) is 5.64. The molecule has 0 atom stereocenters. The number of para-hydroxylation sites is 1. The number of carbonyl (C=O) groups excluding carboxylic acids is 2. The molecule has 0 saturated heterocycles. The van der Waals surface area contributed by atoms with E-state index in [9.17, 15) is 14.7 Å². The maximum atomic E-state index is 11.9. The van der Waals surface area contributed by atoms with E-state index < -0.39 is 11.9 Å². The fourth-order valence-corrected chi connectivity index (χ4v) is 1.56. The molecular weight excluding hydrogens is 297 g/mol. The number of carbonyl (C=O) groups is 2. The molecule has 98 valence electrons. The zero-order chi connectivity index (χ0) is 14.5. The van der Waals surface area contributed by atoms with Crippen LogP contribution in [0.3, 0.4) is 0 Å². The molecule has 0 aliphatic carbocycles. The number of nitrogens with zero attached hydrogens (tertiary/aromatic N) is 1. The average Bonchev–Trinajstić information content (AvgIpc) is 2.47. The Balaban J connectivity index is 0.00000220. The zero-order valence-corrected chi connectivity index (χ0v) is 14.3. The van der Waals surface area contributed by atoms with Crippen LogP contribution in [0.25, 0.3) is 0 Å². The minimum absolute atomic E-state index is 0. The van der Waals surface area contributed by atoms with E-state index >= 15 is 0 Å². The van der Waals surface area contributed by atoms with Crippen molar-refractivity contribution in [1.29, 1.82) is 5.26 Å². The molecule has 2 aromatic carbocycles. The summed E-state index contributed by atoms with van der Waals surface area (Å²) in [6, 6.07) is 13.5. The summed E-state index contributed by atoms with van der Waals surface area (Å²) in [7, 11) is 0. The molecule has 0 aliphatic rings. The first-order valence-electron chi connectivity index (χ1n) is 5.64. The van der Waals surface area contributed by atoms with Gasteiger partial charge in [0.05, 0.1) is 23.2 Å². The molecule has 2 rings (SSSR count). The first-order chi connectivity index (χ1) is 9.61. The largest absolute Gasteiger partial charge is 1.00 e. The Morgan fingerprint density at radius 2 is 1.67 bits per heavy atom. The third-order valence-corrected chi connectivity index (χ3v) is 2.56. The zero-order valence-electron chi connectivity index (χ0n) is 11.2. The second-order valence-corrected chi connectivity index (χ2v) is 3.86. The van der Waals surface area contributed by atoms with Crippen molar-refractivity contribution >= 4 is 11.9 Å². The Hall–Kier alpha value is -1.49. The van der Waals surface area contributed by atoms with Gasteiger partial charge in [0.1, 0.15) is 5.75 Å². The minimum atomic E-state index is -1.42. The molecule has 5 nitrogen and oxygen atoms in total. The molecule has 0 heterocycles. The molecular formula is C15H8KNO4.